The predicted molar refractivity (Wildman–Crippen MR) is 102 cm³/mol. The lowest BCUT2D eigenvalue weighted by Crippen LogP contribution is -2.42. The van der Waals surface area contributed by atoms with Gasteiger partial charge in [-0.05, 0) is 23.8 Å². The van der Waals surface area contributed by atoms with Crippen LogP contribution in [-0.4, -0.2) is 51.7 Å². The van der Waals surface area contributed by atoms with Crippen LogP contribution in [0.2, 0.25) is 25.7 Å². The summed E-state index contributed by atoms with van der Waals surface area (Å²) in [6.45, 7) is 13.8. The normalized spacial score (nSPS) is 23.0. The molecule has 1 aliphatic rings. The Labute approximate surface area is 156 Å². The van der Waals surface area contributed by atoms with Crippen LogP contribution in [-0.2, 0) is 28.5 Å². The van der Waals surface area contributed by atoms with Crippen LogP contribution in [0.15, 0.2) is 36.5 Å². The lowest BCUT2D eigenvalue weighted by Gasteiger charge is -2.31. The summed E-state index contributed by atoms with van der Waals surface area (Å²) in [5.74, 6) is -0.862. The molecule has 26 heavy (non-hydrogen) atoms. The molecule has 0 bridgehead atoms. The molecule has 0 spiro atoms. The molecular formula is C19H30O6Si. The van der Waals surface area contributed by atoms with E-state index in [9.17, 15) is 9.59 Å². The highest BCUT2D eigenvalue weighted by Crippen LogP contribution is 2.18. The Morgan fingerprint density at radius 2 is 1.88 bits per heavy atom. The summed E-state index contributed by atoms with van der Waals surface area (Å²) in [5.41, 5.74) is 0.846. The number of ether oxygens (including phenoxy) is 4. The number of esters is 2. The highest BCUT2D eigenvalue weighted by molar-refractivity contribution is 6.76. The van der Waals surface area contributed by atoms with Crippen molar-refractivity contribution in [1.29, 1.82) is 0 Å². The van der Waals surface area contributed by atoms with Crippen molar-refractivity contribution in [2.75, 3.05) is 13.2 Å². The molecule has 0 fully saturated rings. The number of carbonyl (C=O) groups excluding carboxylic acids is 2. The van der Waals surface area contributed by atoms with Gasteiger partial charge in [-0.25, -0.2) is 0 Å². The van der Waals surface area contributed by atoms with Gasteiger partial charge < -0.3 is 18.9 Å². The van der Waals surface area contributed by atoms with Crippen molar-refractivity contribution in [3.8, 4) is 0 Å². The van der Waals surface area contributed by atoms with Gasteiger partial charge in [-0.2, -0.15) is 0 Å². The van der Waals surface area contributed by atoms with Gasteiger partial charge in [0.2, 0.25) is 0 Å². The molecule has 1 heterocycles. The van der Waals surface area contributed by atoms with Crippen molar-refractivity contribution in [3.63, 3.8) is 0 Å². The van der Waals surface area contributed by atoms with E-state index in [-0.39, 0.29) is 6.61 Å². The van der Waals surface area contributed by atoms with Crippen LogP contribution >= 0.6 is 0 Å². The molecule has 1 aliphatic heterocycles. The van der Waals surface area contributed by atoms with Gasteiger partial charge in [0.05, 0.1) is 6.61 Å². The van der Waals surface area contributed by atoms with Crippen molar-refractivity contribution in [2.45, 2.75) is 58.0 Å². The van der Waals surface area contributed by atoms with Crippen LogP contribution in [0.5, 0.6) is 0 Å². The molecule has 0 saturated heterocycles. The maximum absolute atomic E-state index is 11.2. The summed E-state index contributed by atoms with van der Waals surface area (Å²) in [7, 11) is -1.12. The highest BCUT2D eigenvalue weighted by atomic mass is 28.3. The molecule has 7 heteroatoms. The molecule has 3 unspecified atom stereocenters. The number of carbonyl (C=O) groups is 2. The van der Waals surface area contributed by atoms with Crippen molar-refractivity contribution in [2.24, 2.45) is 0 Å². The first kappa shape index (κ1) is 22.3. The Kier molecular flexibility index (Phi) is 8.98. The third kappa shape index (κ3) is 9.70. The third-order valence-corrected chi connectivity index (χ3v) is 4.86. The smallest absolute Gasteiger partial charge is 0.303 e. The monoisotopic (exact) mass is 382 g/mol. The van der Waals surface area contributed by atoms with Crippen LogP contribution < -0.4 is 0 Å². The second-order valence-corrected chi connectivity index (χ2v) is 13.0. The average Bonchev–Trinajstić information content (AvgIpc) is 2.50. The third-order valence-electron chi connectivity index (χ3n) is 3.40. The van der Waals surface area contributed by atoms with E-state index in [1.165, 1.54) is 13.8 Å². The lowest BCUT2D eigenvalue weighted by atomic mass is 10.1. The van der Waals surface area contributed by atoms with Gasteiger partial charge in [-0.15, -0.1) is 0 Å². The fraction of sp³-hybridized carbons (Fsp3) is 0.579. The van der Waals surface area contributed by atoms with Crippen LogP contribution in [0.4, 0.5) is 0 Å². The van der Waals surface area contributed by atoms with Gasteiger partial charge in [-0.3, -0.25) is 9.59 Å². The second kappa shape index (κ2) is 10.4. The van der Waals surface area contributed by atoms with Gasteiger partial charge in [0.15, 0.2) is 6.29 Å². The van der Waals surface area contributed by atoms with Crippen LogP contribution in [0.3, 0.4) is 0 Å². The molecule has 0 saturated carbocycles. The first-order valence-corrected chi connectivity index (χ1v) is 12.4. The van der Waals surface area contributed by atoms with E-state index < -0.39 is 38.5 Å². The molecule has 0 amide bonds. The van der Waals surface area contributed by atoms with E-state index in [0.29, 0.717) is 6.61 Å². The minimum absolute atomic E-state index is 0.0193. The standard InChI is InChI=1S/C19H30O6Si/c1-14(8-7-11-26(4,5)6)12-23-19-10-9-17(24-16(3)21)18(25-19)13-22-15(2)20/h7-10,17-19H,1,11-13H2,2-6H3. The van der Waals surface area contributed by atoms with Gasteiger partial charge >= 0.3 is 11.9 Å². The topological polar surface area (TPSA) is 71.1 Å². The molecular weight excluding hydrogens is 352 g/mol. The zero-order chi connectivity index (χ0) is 19.7. The van der Waals surface area contributed by atoms with Crippen molar-refractivity contribution < 1.29 is 28.5 Å². The summed E-state index contributed by atoms with van der Waals surface area (Å²) in [4.78, 5) is 22.2. The minimum atomic E-state index is -1.12. The number of rotatable bonds is 9. The van der Waals surface area contributed by atoms with E-state index in [0.717, 1.165) is 11.6 Å². The van der Waals surface area contributed by atoms with Crippen molar-refractivity contribution in [3.05, 3.63) is 36.5 Å². The number of allylic oxidation sites excluding steroid dienone is 1. The largest absolute Gasteiger partial charge is 0.463 e. The van der Waals surface area contributed by atoms with Crippen LogP contribution in [0, 0.1) is 0 Å². The SMILES string of the molecule is C=C(C=CC[Si](C)(C)C)COC1C=CC(OC(C)=O)C(COC(C)=O)O1. The van der Waals surface area contributed by atoms with E-state index in [2.05, 4.69) is 32.3 Å². The Bertz CT molecular complexity index is 561. The van der Waals surface area contributed by atoms with Crippen molar-refractivity contribution in [1.82, 2.24) is 0 Å². The summed E-state index contributed by atoms with van der Waals surface area (Å²) < 4.78 is 21.6. The first-order valence-electron chi connectivity index (χ1n) is 8.67. The molecule has 0 aromatic heterocycles. The fourth-order valence-corrected chi connectivity index (χ4v) is 3.00. The molecule has 0 radical (unpaired) electrons. The van der Waals surface area contributed by atoms with Gasteiger partial charge in [0.25, 0.3) is 0 Å². The molecule has 3 atom stereocenters. The summed E-state index contributed by atoms with van der Waals surface area (Å²) in [6, 6.07) is 1.08. The zero-order valence-electron chi connectivity index (χ0n) is 16.3. The van der Waals surface area contributed by atoms with E-state index >= 15 is 0 Å². The quantitative estimate of drug-likeness (QED) is 0.264. The zero-order valence-corrected chi connectivity index (χ0v) is 17.3. The molecule has 1 rings (SSSR count). The minimum Gasteiger partial charge on any atom is -0.463 e. The van der Waals surface area contributed by atoms with Gasteiger partial charge in [-0.1, -0.05) is 38.4 Å². The maximum atomic E-state index is 11.2. The molecule has 0 N–H and O–H groups in total. The maximum Gasteiger partial charge on any atom is 0.303 e. The lowest BCUT2D eigenvalue weighted by molar-refractivity contribution is -0.194. The molecule has 0 aromatic carbocycles. The Morgan fingerprint density at radius 1 is 1.19 bits per heavy atom. The summed E-state index contributed by atoms with van der Waals surface area (Å²) in [5, 5.41) is 0. The Morgan fingerprint density at radius 3 is 2.46 bits per heavy atom. The Balaban J connectivity index is 2.55. The van der Waals surface area contributed by atoms with Crippen LogP contribution in [0.25, 0.3) is 0 Å². The molecule has 6 nitrogen and oxygen atoms in total. The van der Waals surface area contributed by atoms with Gasteiger partial charge in [0, 0.05) is 21.9 Å². The predicted octanol–water partition coefficient (Wildman–Crippen LogP) is 3.23. The highest BCUT2D eigenvalue weighted by Gasteiger charge is 2.31. The number of hydrogen-bond acceptors (Lipinski definition) is 6. The van der Waals surface area contributed by atoms with Gasteiger partial charge in [0.1, 0.15) is 18.8 Å². The second-order valence-electron chi connectivity index (χ2n) is 7.44. The first-order chi connectivity index (χ1) is 12.1. The van der Waals surface area contributed by atoms with Crippen LogP contribution in [0.1, 0.15) is 13.8 Å². The molecule has 0 aliphatic carbocycles. The van der Waals surface area contributed by atoms with Crippen molar-refractivity contribution >= 4 is 20.0 Å². The molecule has 0 aromatic rings. The summed E-state index contributed by atoms with van der Waals surface area (Å²) >= 11 is 0. The average molecular weight is 383 g/mol. The van der Waals surface area contributed by atoms with E-state index in [1.54, 1.807) is 12.2 Å². The number of hydrogen-bond donors (Lipinski definition) is 0. The molecule has 146 valence electrons. The van der Waals surface area contributed by atoms with E-state index in [4.69, 9.17) is 18.9 Å². The fourth-order valence-electron chi connectivity index (χ4n) is 2.17. The van der Waals surface area contributed by atoms with E-state index in [1.807, 2.05) is 6.08 Å². The Hall–Kier alpha value is -1.70. The summed E-state index contributed by atoms with van der Waals surface area (Å²) in [6.07, 6.45) is 5.62.